The summed E-state index contributed by atoms with van der Waals surface area (Å²) in [6, 6.07) is 20.1. The number of hydrogen-bond donors (Lipinski definition) is 1. The van der Waals surface area contributed by atoms with E-state index in [2.05, 4.69) is 4.98 Å². The van der Waals surface area contributed by atoms with Crippen LogP contribution in [0.15, 0.2) is 76.4 Å². The average molecular weight is 491 g/mol. The van der Waals surface area contributed by atoms with Crippen LogP contribution in [0.1, 0.15) is 27.8 Å². The molecule has 1 aromatic heterocycles. The second-order valence-electron chi connectivity index (χ2n) is 8.90. The van der Waals surface area contributed by atoms with Crippen LogP contribution < -0.4 is 10.3 Å². The van der Waals surface area contributed by atoms with Crippen LogP contribution in [0.4, 0.5) is 0 Å². The number of nitrogens with one attached hydrogen (secondary N) is 1. The highest BCUT2D eigenvalue weighted by atomic mass is 32.2. The summed E-state index contributed by atoms with van der Waals surface area (Å²) >= 11 is 0. The smallest absolute Gasteiger partial charge is 0.252 e. The largest absolute Gasteiger partial charge is 0.497 e. The second kappa shape index (κ2) is 10.1. The van der Waals surface area contributed by atoms with E-state index in [-0.39, 0.29) is 23.5 Å². The molecular weight excluding hydrogens is 460 g/mol. The van der Waals surface area contributed by atoms with Gasteiger partial charge in [0.25, 0.3) is 5.56 Å². The van der Waals surface area contributed by atoms with Crippen molar-refractivity contribution in [1.29, 1.82) is 0 Å². The van der Waals surface area contributed by atoms with Gasteiger partial charge in [-0.25, -0.2) is 8.42 Å². The van der Waals surface area contributed by atoms with Gasteiger partial charge in [-0.15, -0.1) is 0 Å². The van der Waals surface area contributed by atoms with Gasteiger partial charge >= 0.3 is 0 Å². The maximum atomic E-state index is 13.7. The highest BCUT2D eigenvalue weighted by Gasteiger charge is 2.26. The Morgan fingerprint density at radius 3 is 2.31 bits per heavy atom. The first-order chi connectivity index (χ1) is 16.7. The third-order valence-electron chi connectivity index (χ3n) is 6.31. The average Bonchev–Trinajstić information content (AvgIpc) is 2.83. The van der Waals surface area contributed by atoms with E-state index in [0.29, 0.717) is 17.7 Å². The molecular formula is C28H30N2O4S. The van der Waals surface area contributed by atoms with E-state index in [1.165, 1.54) is 23.5 Å². The van der Waals surface area contributed by atoms with Gasteiger partial charge in [0.15, 0.2) is 0 Å². The van der Waals surface area contributed by atoms with E-state index in [0.717, 1.165) is 33.2 Å². The normalized spacial score (nSPS) is 11.8. The zero-order valence-electron chi connectivity index (χ0n) is 20.5. The molecule has 0 spiro atoms. The zero-order valence-corrected chi connectivity index (χ0v) is 21.3. The summed E-state index contributed by atoms with van der Waals surface area (Å²) in [5.41, 5.74) is 5.21. The molecule has 0 aliphatic carbocycles. The molecule has 7 heteroatoms. The van der Waals surface area contributed by atoms with Crippen LogP contribution in [0.2, 0.25) is 0 Å². The molecule has 182 valence electrons. The fraction of sp³-hybridized carbons (Fsp3) is 0.250. The van der Waals surface area contributed by atoms with E-state index in [1.54, 1.807) is 18.2 Å². The highest BCUT2D eigenvalue weighted by molar-refractivity contribution is 7.89. The van der Waals surface area contributed by atoms with Crippen LogP contribution in [0, 0.1) is 20.8 Å². The molecule has 0 unspecified atom stereocenters. The van der Waals surface area contributed by atoms with Gasteiger partial charge in [0.05, 0.1) is 12.0 Å². The number of hydrogen-bond acceptors (Lipinski definition) is 4. The first-order valence-electron chi connectivity index (χ1n) is 11.5. The van der Waals surface area contributed by atoms with Crippen molar-refractivity contribution < 1.29 is 13.2 Å². The quantitative estimate of drug-likeness (QED) is 0.381. The third kappa shape index (κ3) is 5.47. The van der Waals surface area contributed by atoms with Crippen LogP contribution in [-0.2, 0) is 23.0 Å². The fourth-order valence-corrected chi connectivity index (χ4v) is 5.55. The number of sulfonamides is 1. The maximum Gasteiger partial charge on any atom is 0.252 e. The Morgan fingerprint density at radius 2 is 1.63 bits per heavy atom. The van der Waals surface area contributed by atoms with Crippen molar-refractivity contribution in [1.82, 2.24) is 9.29 Å². The van der Waals surface area contributed by atoms with Crippen LogP contribution >= 0.6 is 0 Å². The Labute approximate surface area is 206 Å². The number of nitrogens with zero attached hydrogens (tertiary/aromatic N) is 1. The Morgan fingerprint density at radius 1 is 0.914 bits per heavy atom. The minimum Gasteiger partial charge on any atom is -0.497 e. The van der Waals surface area contributed by atoms with Crippen LogP contribution in [0.3, 0.4) is 0 Å². The van der Waals surface area contributed by atoms with Gasteiger partial charge in [-0.1, -0.05) is 29.8 Å². The molecule has 0 atom stereocenters. The topological polar surface area (TPSA) is 79.5 Å². The van der Waals surface area contributed by atoms with E-state index in [4.69, 9.17) is 4.74 Å². The van der Waals surface area contributed by atoms with Gasteiger partial charge in [-0.3, -0.25) is 4.79 Å². The summed E-state index contributed by atoms with van der Waals surface area (Å²) in [5.74, 6) is 0.576. The van der Waals surface area contributed by atoms with E-state index in [9.17, 15) is 13.2 Å². The molecule has 1 heterocycles. The predicted octanol–water partition coefficient (Wildman–Crippen LogP) is 4.90. The Kier molecular flexibility index (Phi) is 7.10. The molecule has 3 aromatic carbocycles. The minimum absolute atomic E-state index is 0.0294. The Bertz CT molecular complexity index is 1520. The summed E-state index contributed by atoms with van der Waals surface area (Å²) in [6.07, 6.45) is 0.529. The number of fused-ring (bicyclic) bond motifs is 1. The molecule has 4 aromatic rings. The number of ether oxygens (including phenoxy) is 1. The SMILES string of the molecule is COc1ccc(S(=O)(=O)N(CCc2cccc(C)c2)Cc2cc3cc(C)c(C)cc3[nH]c2=O)cc1. The molecule has 0 aliphatic rings. The molecule has 0 aliphatic heterocycles. The summed E-state index contributed by atoms with van der Waals surface area (Å²) < 4.78 is 33.9. The van der Waals surface area contributed by atoms with Crippen molar-refractivity contribution in [2.45, 2.75) is 38.6 Å². The van der Waals surface area contributed by atoms with E-state index >= 15 is 0 Å². The molecule has 0 amide bonds. The van der Waals surface area contributed by atoms with Gasteiger partial charge in [0.2, 0.25) is 10.0 Å². The standard InChI is InChI=1S/C28H30N2O4S/c1-19-6-5-7-22(14-19)12-13-30(35(32,33)26-10-8-25(34-4)9-11-26)18-24-17-23-15-20(2)21(3)16-27(23)29-28(24)31/h5-11,14-17H,12-13,18H2,1-4H3,(H,29,31). The number of pyridine rings is 1. The maximum absolute atomic E-state index is 13.7. The lowest BCUT2D eigenvalue weighted by Crippen LogP contribution is -2.34. The molecule has 6 nitrogen and oxygen atoms in total. The van der Waals surface area contributed by atoms with Crippen LogP contribution in [0.5, 0.6) is 5.75 Å². The van der Waals surface area contributed by atoms with E-state index in [1.807, 2.05) is 57.2 Å². The first-order valence-corrected chi connectivity index (χ1v) is 12.9. The number of rotatable bonds is 8. The van der Waals surface area contributed by atoms with Crippen LogP contribution in [0.25, 0.3) is 10.9 Å². The second-order valence-corrected chi connectivity index (χ2v) is 10.8. The number of methoxy groups -OCH3 is 1. The molecule has 0 saturated heterocycles. The fourth-order valence-electron chi connectivity index (χ4n) is 4.13. The van der Waals surface area contributed by atoms with Crippen molar-refractivity contribution in [2.24, 2.45) is 0 Å². The zero-order chi connectivity index (χ0) is 25.2. The van der Waals surface area contributed by atoms with Gasteiger partial charge in [0, 0.05) is 24.2 Å². The van der Waals surface area contributed by atoms with Crippen molar-refractivity contribution in [3.05, 3.63) is 105 Å². The molecule has 0 saturated carbocycles. The molecule has 0 bridgehead atoms. The van der Waals surface area contributed by atoms with Crippen molar-refractivity contribution in [2.75, 3.05) is 13.7 Å². The van der Waals surface area contributed by atoms with Gasteiger partial charge in [0.1, 0.15) is 5.75 Å². The number of aryl methyl sites for hydroxylation is 3. The van der Waals surface area contributed by atoms with Gasteiger partial charge in [-0.05, 0) is 91.7 Å². The lowest BCUT2D eigenvalue weighted by atomic mass is 10.0. The van der Waals surface area contributed by atoms with Crippen LogP contribution in [-0.4, -0.2) is 31.4 Å². The monoisotopic (exact) mass is 490 g/mol. The number of aromatic amines is 1. The lowest BCUT2D eigenvalue weighted by Gasteiger charge is -2.22. The number of aromatic nitrogens is 1. The molecule has 4 rings (SSSR count). The predicted molar refractivity (Wildman–Crippen MR) is 140 cm³/mol. The molecule has 0 fully saturated rings. The highest BCUT2D eigenvalue weighted by Crippen LogP contribution is 2.23. The van der Waals surface area contributed by atoms with Gasteiger partial charge < -0.3 is 9.72 Å². The van der Waals surface area contributed by atoms with Gasteiger partial charge in [-0.2, -0.15) is 4.31 Å². The summed E-state index contributed by atoms with van der Waals surface area (Å²) in [5, 5.41) is 0.878. The van der Waals surface area contributed by atoms with Crippen molar-refractivity contribution in [3.8, 4) is 5.75 Å². The minimum atomic E-state index is -3.86. The van der Waals surface area contributed by atoms with Crippen molar-refractivity contribution in [3.63, 3.8) is 0 Å². The Balaban J connectivity index is 1.72. The molecule has 1 N–H and O–H groups in total. The first kappa shape index (κ1) is 24.7. The summed E-state index contributed by atoms with van der Waals surface area (Å²) in [6.45, 7) is 6.23. The Hall–Kier alpha value is -3.42. The molecule has 35 heavy (non-hydrogen) atoms. The third-order valence-corrected chi connectivity index (χ3v) is 8.17. The summed E-state index contributed by atoms with van der Waals surface area (Å²) in [4.78, 5) is 16.0. The number of H-pyrrole nitrogens is 1. The summed E-state index contributed by atoms with van der Waals surface area (Å²) in [7, 11) is -2.33. The number of benzene rings is 3. The van der Waals surface area contributed by atoms with Crippen molar-refractivity contribution >= 4 is 20.9 Å². The van der Waals surface area contributed by atoms with E-state index < -0.39 is 10.0 Å². The molecule has 0 radical (unpaired) electrons. The lowest BCUT2D eigenvalue weighted by molar-refractivity contribution is 0.406.